The molecule has 22 heavy (non-hydrogen) atoms. The van der Waals surface area contributed by atoms with Gasteiger partial charge in [-0.05, 0) is 37.1 Å². The zero-order valence-electron chi connectivity index (χ0n) is 12.0. The van der Waals surface area contributed by atoms with Crippen molar-refractivity contribution in [2.24, 2.45) is 0 Å². The molecule has 0 bridgehead atoms. The molecule has 0 heterocycles. The summed E-state index contributed by atoms with van der Waals surface area (Å²) < 4.78 is 29.7. The molecule has 0 spiro atoms. The highest BCUT2D eigenvalue weighted by molar-refractivity contribution is 7.87. The van der Waals surface area contributed by atoms with Gasteiger partial charge in [0.1, 0.15) is 10.6 Å². The van der Waals surface area contributed by atoms with E-state index in [9.17, 15) is 13.2 Å². The highest BCUT2D eigenvalue weighted by atomic mass is 32.2. The molecule has 0 aliphatic carbocycles. The summed E-state index contributed by atoms with van der Waals surface area (Å²) in [5.74, 6) is -0.791. The first-order chi connectivity index (χ1) is 10.4. The monoisotopic (exact) mass is 320 g/mol. The lowest BCUT2D eigenvalue weighted by molar-refractivity contribution is -0.136. The van der Waals surface area contributed by atoms with Gasteiger partial charge in [0.05, 0.1) is 0 Å². The van der Waals surface area contributed by atoms with Crippen LogP contribution in [0.25, 0.3) is 0 Å². The molecule has 0 saturated heterocycles. The summed E-state index contributed by atoms with van der Waals surface area (Å²) in [4.78, 5) is 10.7. The number of rotatable bonds is 6. The first-order valence-corrected chi connectivity index (χ1v) is 8.10. The van der Waals surface area contributed by atoms with Crippen LogP contribution in [0.1, 0.15) is 17.5 Å². The molecule has 2 rings (SSSR count). The molecule has 1 N–H and O–H groups in total. The minimum Gasteiger partial charge on any atom is -0.481 e. The van der Waals surface area contributed by atoms with E-state index in [-0.39, 0.29) is 23.5 Å². The fourth-order valence-electron chi connectivity index (χ4n) is 1.90. The Morgan fingerprint density at radius 1 is 1.09 bits per heavy atom. The molecule has 0 atom stereocenters. The Labute approximate surface area is 129 Å². The summed E-state index contributed by atoms with van der Waals surface area (Å²) in [5, 5.41) is 8.74. The first kappa shape index (κ1) is 16.0. The lowest BCUT2D eigenvalue weighted by Gasteiger charge is -2.11. The van der Waals surface area contributed by atoms with Crippen LogP contribution in [-0.2, 0) is 21.3 Å². The maximum atomic E-state index is 12.3. The van der Waals surface area contributed by atoms with Crippen molar-refractivity contribution in [2.75, 3.05) is 0 Å². The van der Waals surface area contributed by atoms with Crippen molar-refractivity contribution < 1.29 is 22.5 Å². The minimum absolute atomic E-state index is 0.0612. The van der Waals surface area contributed by atoms with Crippen molar-refractivity contribution in [1.82, 2.24) is 0 Å². The average molecular weight is 320 g/mol. The Morgan fingerprint density at radius 3 is 2.36 bits per heavy atom. The first-order valence-electron chi connectivity index (χ1n) is 6.69. The van der Waals surface area contributed by atoms with Crippen molar-refractivity contribution in [2.45, 2.75) is 24.7 Å². The highest BCUT2D eigenvalue weighted by Crippen LogP contribution is 2.24. The number of aliphatic carboxylic acids is 1. The molecule has 0 unspecified atom stereocenters. The fraction of sp³-hybridized carbons (Fsp3) is 0.188. The van der Waals surface area contributed by atoms with Crippen LogP contribution in [0, 0.1) is 6.92 Å². The largest absolute Gasteiger partial charge is 0.481 e. The van der Waals surface area contributed by atoms with Crippen LogP contribution in [0.3, 0.4) is 0 Å². The van der Waals surface area contributed by atoms with E-state index in [4.69, 9.17) is 9.29 Å². The molecule has 0 saturated carbocycles. The summed E-state index contributed by atoms with van der Waals surface area (Å²) in [6.07, 6.45) is 0.111. The number of carboxylic acids is 1. The topological polar surface area (TPSA) is 80.7 Å². The van der Waals surface area contributed by atoms with Gasteiger partial charge in [0, 0.05) is 6.42 Å². The van der Waals surface area contributed by atoms with Gasteiger partial charge < -0.3 is 9.29 Å². The highest BCUT2D eigenvalue weighted by Gasteiger charge is 2.18. The molecular weight excluding hydrogens is 304 g/mol. The smallest absolute Gasteiger partial charge is 0.339 e. The van der Waals surface area contributed by atoms with Gasteiger partial charge in [-0.15, -0.1) is 0 Å². The van der Waals surface area contributed by atoms with Gasteiger partial charge >= 0.3 is 16.1 Å². The SMILES string of the molecule is Cc1ccc(S(=O)(=O)Oc2ccccc2CCC(=O)O)cc1. The maximum absolute atomic E-state index is 12.3. The molecule has 6 heteroatoms. The van der Waals surface area contributed by atoms with Gasteiger partial charge in [-0.1, -0.05) is 35.9 Å². The van der Waals surface area contributed by atoms with Gasteiger partial charge in [0.25, 0.3) is 0 Å². The van der Waals surface area contributed by atoms with Gasteiger partial charge in [0.2, 0.25) is 0 Å². The lowest BCUT2D eigenvalue weighted by Crippen LogP contribution is -2.11. The van der Waals surface area contributed by atoms with E-state index in [1.54, 1.807) is 30.3 Å². The van der Waals surface area contributed by atoms with Crippen molar-refractivity contribution >= 4 is 16.1 Å². The number of hydrogen-bond donors (Lipinski definition) is 1. The third-order valence-corrected chi connectivity index (χ3v) is 4.34. The molecule has 2 aromatic rings. The van der Waals surface area contributed by atoms with Crippen LogP contribution in [0.15, 0.2) is 53.4 Å². The van der Waals surface area contributed by atoms with E-state index in [0.717, 1.165) is 5.56 Å². The Bertz CT molecular complexity index is 763. The third-order valence-electron chi connectivity index (χ3n) is 3.09. The predicted molar refractivity (Wildman–Crippen MR) is 81.4 cm³/mol. The molecule has 5 nitrogen and oxygen atoms in total. The Balaban J connectivity index is 2.26. The van der Waals surface area contributed by atoms with Crippen molar-refractivity contribution in [1.29, 1.82) is 0 Å². The van der Waals surface area contributed by atoms with Crippen molar-refractivity contribution in [3.05, 3.63) is 59.7 Å². The van der Waals surface area contributed by atoms with Gasteiger partial charge in [-0.2, -0.15) is 8.42 Å². The van der Waals surface area contributed by atoms with Gasteiger partial charge in [-0.25, -0.2) is 0 Å². The van der Waals surface area contributed by atoms with Gasteiger partial charge in [0.15, 0.2) is 0 Å². The molecule has 0 aliphatic rings. The quantitative estimate of drug-likeness (QED) is 0.828. The standard InChI is InChI=1S/C16H16O5S/c1-12-6-9-14(10-7-12)22(19,20)21-15-5-3-2-4-13(15)8-11-16(17)18/h2-7,9-10H,8,11H2,1H3,(H,17,18). The number of aryl methyl sites for hydroxylation is 2. The van der Waals surface area contributed by atoms with Crippen LogP contribution < -0.4 is 4.18 Å². The van der Waals surface area contributed by atoms with Crippen LogP contribution in [0.5, 0.6) is 5.75 Å². The number of carbonyl (C=O) groups is 1. The minimum atomic E-state index is -3.94. The predicted octanol–water partition coefficient (Wildman–Crippen LogP) is 2.78. The number of hydrogen-bond acceptors (Lipinski definition) is 4. The van der Waals surface area contributed by atoms with E-state index in [0.29, 0.717) is 5.56 Å². The van der Waals surface area contributed by atoms with E-state index in [2.05, 4.69) is 0 Å². The van der Waals surface area contributed by atoms with Crippen molar-refractivity contribution in [3.63, 3.8) is 0 Å². The molecule has 0 radical (unpaired) electrons. The van der Waals surface area contributed by atoms with Gasteiger partial charge in [-0.3, -0.25) is 4.79 Å². The Kier molecular flexibility index (Phi) is 4.82. The number of para-hydroxylation sites is 1. The third kappa shape index (κ3) is 4.08. The second kappa shape index (κ2) is 6.62. The van der Waals surface area contributed by atoms with Crippen molar-refractivity contribution in [3.8, 4) is 5.75 Å². The zero-order chi connectivity index (χ0) is 16.2. The number of benzene rings is 2. The van der Waals surface area contributed by atoms with E-state index in [1.165, 1.54) is 18.2 Å². The van der Waals surface area contributed by atoms with Crippen LogP contribution in [0.2, 0.25) is 0 Å². The molecule has 0 aliphatic heterocycles. The summed E-state index contributed by atoms with van der Waals surface area (Å²) in [7, 11) is -3.94. The van der Waals surface area contributed by atoms with E-state index >= 15 is 0 Å². The molecular formula is C16H16O5S. The maximum Gasteiger partial charge on any atom is 0.339 e. The molecule has 0 aromatic heterocycles. The van der Waals surface area contributed by atoms with Crippen LogP contribution in [-0.4, -0.2) is 19.5 Å². The lowest BCUT2D eigenvalue weighted by atomic mass is 10.1. The van der Waals surface area contributed by atoms with Crippen LogP contribution >= 0.6 is 0 Å². The number of carboxylic acid groups (broad SMARTS) is 1. The molecule has 2 aromatic carbocycles. The summed E-state index contributed by atoms with van der Waals surface area (Å²) >= 11 is 0. The molecule has 0 amide bonds. The molecule has 0 fully saturated rings. The summed E-state index contributed by atoms with van der Waals surface area (Å²) in [6, 6.07) is 12.9. The summed E-state index contributed by atoms with van der Waals surface area (Å²) in [6.45, 7) is 1.86. The average Bonchev–Trinajstić information content (AvgIpc) is 2.46. The second-order valence-electron chi connectivity index (χ2n) is 4.85. The van der Waals surface area contributed by atoms with E-state index < -0.39 is 16.1 Å². The molecule has 116 valence electrons. The normalized spacial score (nSPS) is 11.1. The Hall–Kier alpha value is -2.34. The fourth-order valence-corrected chi connectivity index (χ4v) is 2.87. The zero-order valence-corrected chi connectivity index (χ0v) is 12.8. The Morgan fingerprint density at radius 2 is 1.73 bits per heavy atom. The second-order valence-corrected chi connectivity index (χ2v) is 6.40. The van der Waals surface area contributed by atoms with E-state index in [1.807, 2.05) is 6.92 Å². The summed E-state index contributed by atoms with van der Waals surface area (Å²) in [5.41, 5.74) is 1.49. The van der Waals surface area contributed by atoms with Crippen LogP contribution in [0.4, 0.5) is 0 Å².